The third-order valence-electron chi connectivity index (χ3n) is 5.35. The van der Waals surface area contributed by atoms with Crippen LogP contribution in [0.4, 0.5) is 0 Å². The first kappa shape index (κ1) is 21.5. The summed E-state index contributed by atoms with van der Waals surface area (Å²) in [7, 11) is 4.80. The van der Waals surface area contributed by atoms with Crippen molar-refractivity contribution in [2.24, 2.45) is 5.92 Å². The zero-order valence-corrected chi connectivity index (χ0v) is 17.6. The van der Waals surface area contributed by atoms with Crippen LogP contribution in [0.5, 0.6) is 17.2 Å². The van der Waals surface area contributed by atoms with Gasteiger partial charge in [0.25, 0.3) is 0 Å². The summed E-state index contributed by atoms with van der Waals surface area (Å²) >= 11 is 0. The van der Waals surface area contributed by atoms with Crippen LogP contribution in [0.1, 0.15) is 17.5 Å². The van der Waals surface area contributed by atoms with Gasteiger partial charge in [0, 0.05) is 31.6 Å². The van der Waals surface area contributed by atoms with Crippen LogP contribution in [0, 0.1) is 5.92 Å². The van der Waals surface area contributed by atoms with E-state index in [0.717, 1.165) is 16.9 Å². The Morgan fingerprint density at radius 1 is 1.03 bits per heavy atom. The molecule has 0 unspecified atom stereocenters. The van der Waals surface area contributed by atoms with Crippen molar-refractivity contribution < 1.29 is 23.8 Å². The second-order valence-corrected chi connectivity index (χ2v) is 7.21. The van der Waals surface area contributed by atoms with E-state index in [2.05, 4.69) is 5.32 Å². The highest BCUT2D eigenvalue weighted by molar-refractivity contribution is 5.89. The van der Waals surface area contributed by atoms with Crippen molar-refractivity contribution in [3.05, 3.63) is 53.6 Å². The van der Waals surface area contributed by atoms with Crippen LogP contribution < -0.4 is 19.5 Å². The van der Waals surface area contributed by atoms with Gasteiger partial charge in [0.15, 0.2) is 11.5 Å². The van der Waals surface area contributed by atoms with Crippen LogP contribution in [0.2, 0.25) is 0 Å². The highest BCUT2D eigenvalue weighted by Crippen LogP contribution is 2.28. The predicted octanol–water partition coefficient (Wildman–Crippen LogP) is 2.42. The molecule has 1 aliphatic heterocycles. The van der Waals surface area contributed by atoms with Gasteiger partial charge in [-0.3, -0.25) is 9.59 Å². The van der Waals surface area contributed by atoms with Crippen molar-refractivity contribution in [1.29, 1.82) is 0 Å². The van der Waals surface area contributed by atoms with Crippen LogP contribution in [-0.2, 0) is 22.6 Å². The number of amides is 2. The molecule has 1 aliphatic rings. The first-order valence-corrected chi connectivity index (χ1v) is 9.94. The summed E-state index contributed by atoms with van der Waals surface area (Å²) < 4.78 is 15.9. The number of rotatable bonds is 9. The molecule has 7 heteroatoms. The first-order chi connectivity index (χ1) is 14.5. The minimum absolute atomic E-state index is 0.00733. The van der Waals surface area contributed by atoms with E-state index in [9.17, 15) is 9.59 Å². The maximum Gasteiger partial charge on any atom is 0.225 e. The number of carbonyl (C=O) groups excluding carboxylic acids is 2. The van der Waals surface area contributed by atoms with Crippen LogP contribution in [0.25, 0.3) is 0 Å². The van der Waals surface area contributed by atoms with Crippen LogP contribution in [0.15, 0.2) is 42.5 Å². The molecule has 1 heterocycles. The third-order valence-corrected chi connectivity index (χ3v) is 5.35. The molecule has 1 atom stereocenters. The van der Waals surface area contributed by atoms with Gasteiger partial charge in [0.2, 0.25) is 11.8 Å². The fourth-order valence-electron chi connectivity index (χ4n) is 3.64. The Hall–Kier alpha value is -3.22. The van der Waals surface area contributed by atoms with Crippen LogP contribution in [-0.4, -0.2) is 51.1 Å². The molecule has 2 amide bonds. The van der Waals surface area contributed by atoms with E-state index in [1.165, 1.54) is 0 Å². The minimum Gasteiger partial charge on any atom is -0.496 e. The lowest BCUT2D eigenvalue weighted by Crippen LogP contribution is -2.33. The summed E-state index contributed by atoms with van der Waals surface area (Å²) in [6.45, 7) is 1.37. The average Bonchev–Trinajstić information content (AvgIpc) is 3.16. The number of para-hydroxylation sites is 1. The predicted molar refractivity (Wildman–Crippen MR) is 113 cm³/mol. The van der Waals surface area contributed by atoms with Crippen molar-refractivity contribution in [1.82, 2.24) is 10.2 Å². The minimum atomic E-state index is -0.336. The fraction of sp³-hybridized carbons (Fsp3) is 0.391. The van der Waals surface area contributed by atoms with Gasteiger partial charge in [-0.2, -0.15) is 0 Å². The largest absolute Gasteiger partial charge is 0.496 e. The molecular weight excluding hydrogens is 384 g/mol. The number of ether oxygens (including phenoxy) is 3. The Morgan fingerprint density at radius 2 is 1.77 bits per heavy atom. The zero-order valence-electron chi connectivity index (χ0n) is 17.6. The second kappa shape index (κ2) is 10.0. The van der Waals surface area contributed by atoms with Gasteiger partial charge in [-0.25, -0.2) is 0 Å². The van der Waals surface area contributed by atoms with Crippen LogP contribution in [0.3, 0.4) is 0 Å². The van der Waals surface area contributed by atoms with Crippen LogP contribution >= 0.6 is 0 Å². The number of benzene rings is 2. The molecule has 0 aromatic heterocycles. The Bertz CT molecular complexity index is 899. The smallest absolute Gasteiger partial charge is 0.225 e. The number of hydrogen-bond acceptors (Lipinski definition) is 5. The summed E-state index contributed by atoms with van der Waals surface area (Å²) in [5.74, 6) is 1.63. The van der Waals surface area contributed by atoms with Gasteiger partial charge >= 0.3 is 0 Å². The molecule has 0 spiro atoms. The van der Waals surface area contributed by atoms with Gasteiger partial charge < -0.3 is 24.4 Å². The number of hydrogen-bond donors (Lipinski definition) is 1. The van der Waals surface area contributed by atoms with Gasteiger partial charge in [0.1, 0.15) is 5.75 Å². The molecule has 1 N–H and O–H groups in total. The first-order valence-electron chi connectivity index (χ1n) is 9.94. The molecule has 2 aromatic rings. The van der Waals surface area contributed by atoms with Crippen molar-refractivity contribution in [3.63, 3.8) is 0 Å². The lowest BCUT2D eigenvalue weighted by molar-refractivity contribution is -0.129. The molecule has 1 saturated heterocycles. The summed E-state index contributed by atoms with van der Waals surface area (Å²) in [4.78, 5) is 26.7. The van der Waals surface area contributed by atoms with E-state index in [4.69, 9.17) is 14.2 Å². The molecule has 30 heavy (non-hydrogen) atoms. The Balaban J connectivity index is 1.52. The molecule has 0 saturated carbocycles. The Kier molecular flexibility index (Phi) is 7.17. The fourth-order valence-corrected chi connectivity index (χ4v) is 3.64. The summed E-state index contributed by atoms with van der Waals surface area (Å²) in [6, 6.07) is 13.3. The molecule has 1 fully saturated rings. The Morgan fingerprint density at radius 3 is 2.50 bits per heavy atom. The molecule has 0 bridgehead atoms. The highest BCUT2D eigenvalue weighted by Gasteiger charge is 2.33. The van der Waals surface area contributed by atoms with Crippen molar-refractivity contribution in [2.45, 2.75) is 19.4 Å². The van der Waals surface area contributed by atoms with Crippen molar-refractivity contribution >= 4 is 11.8 Å². The van der Waals surface area contributed by atoms with E-state index in [1.54, 1.807) is 26.2 Å². The number of nitrogens with one attached hydrogen (secondary N) is 1. The average molecular weight is 412 g/mol. The number of methoxy groups -OCH3 is 3. The normalized spacial score (nSPS) is 15.8. The maximum atomic E-state index is 12.6. The topological polar surface area (TPSA) is 77.1 Å². The van der Waals surface area contributed by atoms with Gasteiger partial charge in [0.05, 0.1) is 27.2 Å². The SMILES string of the molecule is COc1ccccc1CNC(=O)[C@@H]1CC(=O)N(CCc2ccc(OC)c(OC)c2)C1. The van der Waals surface area contributed by atoms with Gasteiger partial charge in [-0.1, -0.05) is 24.3 Å². The monoisotopic (exact) mass is 412 g/mol. The van der Waals surface area contributed by atoms with Crippen molar-refractivity contribution in [2.75, 3.05) is 34.4 Å². The van der Waals surface area contributed by atoms with E-state index < -0.39 is 0 Å². The lowest BCUT2D eigenvalue weighted by atomic mass is 10.1. The summed E-state index contributed by atoms with van der Waals surface area (Å²) in [5.41, 5.74) is 1.95. The molecule has 3 rings (SSSR count). The summed E-state index contributed by atoms with van der Waals surface area (Å²) in [5, 5.41) is 2.93. The van der Waals surface area contributed by atoms with E-state index in [1.807, 2.05) is 42.5 Å². The highest BCUT2D eigenvalue weighted by atomic mass is 16.5. The quantitative estimate of drug-likeness (QED) is 0.685. The maximum absolute atomic E-state index is 12.6. The molecule has 2 aromatic carbocycles. The summed E-state index contributed by atoms with van der Waals surface area (Å²) in [6.07, 6.45) is 0.922. The van der Waals surface area contributed by atoms with Gasteiger partial charge in [-0.05, 0) is 30.2 Å². The molecule has 7 nitrogen and oxygen atoms in total. The van der Waals surface area contributed by atoms with Gasteiger partial charge in [-0.15, -0.1) is 0 Å². The number of likely N-dealkylation sites (tertiary alicyclic amines) is 1. The van der Waals surface area contributed by atoms with Crippen molar-refractivity contribution in [3.8, 4) is 17.2 Å². The molecule has 160 valence electrons. The third kappa shape index (κ3) is 5.03. The van der Waals surface area contributed by atoms with E-state index >= 15 is 0 Å². The molecule has 0 aliphatic carbocycles. The second-order valence-electron chi connectivity index (χ2n) is 7.21. The number of nitrogens with zero attached hydrogens (tertiary/aromatic N) is 1. The zero-order chi connectivity index (χ0) is 21.5. The number of carbonyl (C=O) groups is 2. The molecule has 0 radical (unpaired) electrons. The molecular formula is C23H28N2O5. The van der Waals surface area contributed by atoms with E-state index in [-0.39, 0.29) is 24.2 Å². The van der Waals surface area contributed by atoms with E-state index in [0.29, 0.717) is 37.6 Å². The standard InChI is InChI=1S/C23H28N2O5/c1-28-19-7-5-4-6-17(19)14-24-23(27)18-13-22(26)25(15-18)11-10-16-8-9-20(29-2)21(12-16)30-3/h4-9,12,18H,10-11,13-15H2,1-3H3,(H,24,27)/t18-/m1/s1. The Labute approximate surface area is 176 Å². The lowest BCUT2D eigenvalue weighted by Gasteiger charge is -2.17.